The van der Waals surface area contributed by atoms with Crippen molar-refractivity contribution in [3.63, 3.8) is 0 Å². The number of nitrogens with zero attached hydrogens (tertiary/aromatic N) is 3. The second-order valence-corrected chi connectivity index (χ2v) is 4.05. The van der Waals surface area contributed by atoms with E-state index in [1.807, 2.05) is 25.1 Å². The zero-order chi connectivity index (χ0) is 13.8. The highest BCUT2D eigenvalue weighted by molar-refractivity contribution is 5.44. The molecule has 5 heteroatoms. The minimum atomic E-state index is 0.138. The van der Waals surface area contributed by atoms with Gasteiger partial charge in [-0.15, -0.1) is 0 Å². The SMILES string of the molecule is COc1cc(C)ccc1Oc1nc(C)cc(C#N)n1. The molecule has 0 aliphatic rings. The minimum Gasteiger partial charge on any atom is -0.493 e. The first-order valence-electron chi connectivity index (χ1n) is 5.70. The number of rotatable bonds is 3. The summed E-state index contributed by atoms with van der Waals surface area (Å²) in [5.74, 6) is 1.12. The summed E-state index contributed by atoms with van der Waals surface area (Å²) in [6, 6.07) is 9.25. The molecule has 1 aromatic carbocycles. The van der Waals surface area contributed by atoms with Crippen LogP contribution in [0.25, 0.3) is 0 Å². The van der Waals surface area contributed by atoms with Crippen molar-refractivity contribution in [3.05, 3.63) is 41.2 Å². The molecule has 0 N–H and O–H groups in total. The van der Waals surface area contributed by atoms with Crippen molar-refractivity contribution in [2.45, 2.75) is 13.8 Å². The number of hydrogen-bond acceptors (Lipinski definition) is 5. The Bertz CT molecular complexity index is 648. The summed E-state index contributed by atoms with van der Waals surface area (Å²) in [6.07, 6.45) is 0. The summed E-state index contributed by atoms with van der Waals surface area (Å²) in [7, 11) is 1.57. The molecule has 2 aromatic rings. The third kappa shape index (κ3) is 2.99. The van der Waals surface area contributed by atoms with E-state index in [1.54, 1.807) is 26.2 Å². The summed E-state index contributed by atoms with van der Waals surface area (Å²) in [5.41, 5.74) is 2.01. The summed E-state index contributed by atoms with van der Waals surface area (Å²) >= 11 is 0. The molecule has 19 heavy (non-hydrogen) atoms. The number of ether oxygens (including phenoxy) is 2. The highest BCUT2D eigenvalue weighted by Gasteiger charge is 2.09. The van der Waals surface area contributed by atoms with Crippen LogP contribution in [0.15, 0.2) is 24.3 Å². The maximum Gasteiger partial charge on any atom is 0.323 e. The topological polar surface area (TPSA) is 68.0 Å². The van der Waals surface area contributed by atoms with E-state index < -0.39 is 0 Å². The molecule has 0 fully saturated rings. The van der Waals surface area contributed by atoms with Crippen molar-refractivity contribution in [2.75, 3.05) is 7.11 Å². The van der Waals surface area contributed by atoms with Gasteiger partial charge in [-0.2, -0.15) is 10.2 Å². The smallest absolute Gasteiger partial charge is 0.323 e. The predicted molar refractivity (Wildman–Crippen MR) is 69.3 cm³/mol. The molecule has 0 amide bonds. The van der Waals surface area contributed by atoms with Crippen LogP contribution < -0.4 is 9.47 Å². The molecule has 2 rings (SSSR count). The lowest BCUT2D eigenvalue weighted by atomic mass is 10.2. The highest BCUT2D eigenvalue weighted by atomic mass is 16.5. The standard InChI is InChI=1S/C14H13N3O2/c1-9-4-5-12(13(6-9)18-3)19-14-16-10(2)7-11(8-15)17-14/h4-7H,1-3H3. The highest BCUT2D eigenvalue weighted by Crippen LogP contribution is 2.30. The third-order valence-electron chi connectivity index (χ3n) is 2.47. The molecule has 5 nitrogen and oxygen atoms in total. The zero-order valence-electron chi connectivity index (χ0n) is 11.0. The van der Waals surface area contributed by atoms with Gasteiger partial charge in [0.2, 0.25) is 0 Å². The van der Waals surface area contributed by atoms with E-state index in [9.17, 15) is 0 Å². The zero-order valence-corrected chi connectivity index (χ0v) is 11.0. The van der Waals surface area contributed by atoms with E-state index in [0.717, 1.165) is 5.56 Å². The fraction of sp³-hybridized carbons (Fsp3) is 0.214. The maximum atomic E-state index is 8.87. The molecule has 0 saturated carbocycles. The summed E-state index contributed by atoms with van der Waals surface area (Å²) in [6.45, 7) is 3.74. The van der Waals surface area contributed by atoms with E-state index in [1.165, 1.54) is 0 Å². The Morgan fingerprint density at radius 1 is 1.11 bits per heavy atom. The van der Waals surface area contributed by atoms with Crippen LogP contribution in [0.2, 0.25) is 0 Å². The van der Waals surface area contributed by atoms with Crippen LogP contribution >= 0.6 is 0 Å². The molecular weight excluding hydrogens is 242 g/mol. The second-order valence-electron chi connectivity index (χ2n) is 4.05. The normalized spacial score (nSPS) is 9.79. The Morgan fingerprint density at radius 3 is 2.58 bits per heavy atom. The van der Waals surface area contributed by atoms with E-state index in [-0.39, 0.29) is 11.7 Å². The Kier molecular flexibility index (Phi) is 3.62. The first kappa shape index (κ1) is 12.8. The Morgan fingerprint density at radius 2 is 1.89 bits per heavy atom. The van der Waals surface area contributed by atoms with Crippen molar-refractivity contribution in [3.8, 4) is 23.6 Å². The van der Waals surface area contributed by atoms with Crippen molar-refractivity contribution in [1.29, 1.82) is 5.26 Å². The van der Waals surface area contributed by atoms with Crippen molar-refractivity contribution >= 4 is 0 Å². The number of nitriles is 1. The first-order valence-corrected chi connectivity index (χ1v) is 5.70. The molecular formula is C14H13N3O2. The largest absolute Gasteiger partial charge is 0.493 e. The molecule has 0 aliphatic heterocycles. The van der Waals surface area contributed by atoms with Gasteiger partial charge in [0.15, 0.2) is 11.5 Å². The molecule has 1 aromatic heterocycles. The van der Waals surface area contributed by atoms with E-state index in [2.05, 4.69) is 9.97 Å². The van der Waals surface area contributed by atoms with Crippen LogP contribution in [0, 0.1) is 25.2 Å². The van der Waals surface area contributed by atoms with Crippen molar-refractivity contribution in [1.82, 2.24) is 9.97 Å². The molecule has 0 saturated heterocycles. The third-order valence-corrected chi connectivity index (χ3v) is 2.47. The van der Waals surface area contributed by atoms with Crippen LogP contribution in [0.3, 0.4) is 0 Å². The molecule has 1 heterocycles. The fourth-order valence-corrected chi connectivity index (χ4v) is 1.60. The van der Waals surface area contributed by atoms with Gasteiger partial charge >= 0.3 is 6.01 Å². The van der Waals surface area contributed by atoms with Crippen LogP contribution in [-0.2, 0) is 0 Å². The van der Waals surface area contributed by atoms with E-state index >= 15 is 0 Å². The average Bonchev–Trinajstić information content (AvgIpc) is 2.40. The van der Waals surface area contributed by atoms with Gasteiger partial charge in [-0.3, -0.25) is 0 Å². The molecule has 0 spiro atoms. The monoisotopic (exact) mass is 255 g/mol. The molecule has 0 atom stereocenters. The molecule has 0 radical (unpaired) electrons. The molecule has 0 aliphatic carbocycles. The lowest BCUT2D eigenvalue weighted by Crippen LogP contribution is -1.98. The number of aromatic nitrogens is 2. The van der Waals surface area contributed by atoms with Gasteiger partial charge in [0.1, 0.15) is 11.8 Å². The van der Waals surface area contributed by atoms with Crippen LogP contribution in [0.5, 0.6) is 17.5 Å². The predicted octanol–water partition coefficient (Wildman–Crippen LogP) is 2.77. The average molecular weight is 255 g/mol. The minimum absolute atomic E-state index is 0.138. The van der Waals surface area contributed by atoms with Crippen LogP contribution in [0.4, 0.5) is 0 Å². The maximum absolute atomic E-state index is 8.87. The molecule has 96 valence electrons. The summed E-state index contributed by atoms with van der Waals surface area (Å²) < 4.78 is 10.8. The summed E-state index contributed by atoms with van der Waals surface area (Å²) in [5, 5.41) is 8.87. The van der Waals surface area contributed by atoms with E-state index in [0.29, 0.717) is 17.2 Å². The molecule has 0 unspecified atom stereocenters. The van der Waals surface area contributed by atoms with Gasteiger partial charge in [-0.1, -0.05) is 6.07 Å². The Hall–Kier alpha value is -2.61. The Balaban J connectivity index is 2.36. The fourth-order valence-electron chi connectivity index (χ4n) is 1.60. The lowest BCUT2D eigenvalue weighted by molar-refractivity contribution is 0.367. The second kappa shape index (κ2) is 5.36. The molecule has 0 bridgehead atoms. The van der Waals surface area contributed by atoms with Crippen LogP contribution in [-0.4, -0.2) is 17.1 Å². The van der Waals surface area contributed by atoms with Gasteiger partial charge in [0, 0.05) is 5.69 Å². The van der Waals surface area contributed by atoms with Gasteiger partial charge in [-0.25, -0.2) is 4.98 Å². The van der Waals surface area contributed by atoms with Crippen molar-refractivity contribution < 1.29 is 9.47 Å². The van der Waals surface area contributed by atoms with Gasteiger partial charge < -0.3 is 9.47 Å². The summed E-state index contributed by atoms with van der Waals surface area (Å²) in [4.78, 5) is 8.13. The Labute approximate surface area is 111 Å². The first-order chi connectivity index (χ1) is 9.12. The number of benzene rings is 1. The van der Waals surface area contributed by atoms with Gasteiger partial charge in [0.05, 0.1) is 7.11 Å². The lowest BCUT2D eigenvalue weighted by Gasteiger charge is -2.09. The van der Waals surface area contributed by atoms with E-state index in [4.69, 9.17) is 14.7 Å². The number of hydrogen-bond donors (Lipinski definition) is 0. The van der Waals surface area contributed by atoms with Gasteiger partial charge in [0.25, 0.3) is 0 Å². The van der Waals surface area contributed by atoms with Crippen molar-refractivity contribution in [2.24, 2.45) is 0 Å². The quantitative estimate of drug-likeness (QED) is 0.843. The number of aryl methyl sites for hydroxylation is 2. The van der Waals surface area contributed by atoms with Gasteiger partial charge in [-0.05, 0) is 37.6 Å². The van der Waals surface area contributed by atoms with Crippen LogP contribution in [0.1, 0.15) is 17.0 Å². The number of methoxy groups -OCH3 is 1.